The normalized spacial score (nSPS) is 16.7. The summed E-state index contributed by atoms with van der Waals surface area (Å²) in [7, 11) is 0. The minimum Gasteiger partial charge on any atom is -0.444 e. The van der Waals surface area contributed by atoms with Gasteiger partial charge in [0.05, 0.1) is 0 Å². The van der Waals surface area contributed by atoms with E-state index in [1.54, 1.807) is 4.90 Å². The molecule has 1 aromatic carbocycles. The first-order chi connectivity index (χ1) is 9.83. The van der Waals surface area contributed by atoms with Gasteiger partial charge in [0.1, 0.15) is 5.60 Å². The Hall–Kier alpha value is -0.980. The molecule has 4 nitrogen and oxygen atoms in total. The van der Waals surface area contributed by atoms with Crippen LogP contribution in [0, 0.1) is 3.57 Å². The summed E-state index contributed by atoms with van der Waals surface area (Å²) in [4.78, 5) is 13.8. The molecule has 2 rings (SSSR count). The van der Waals surface area contributed by atoms with E-state index in [4.69, 9.17) is 4.74 Å². The quantitative estimate of drug-likeness (QED) is 0.758. The molecule has 1 amide bonds. The number of piperidine rings is 1. The lowest BCUT2D eigenvalue weighted by molar-refractivity contribution is 0.0210. The fourth-order valence-corrected chi connectivity index (χ4v) is 2.89. The minimum absolute atomic E-state index is 0.199. The van der Waals surface area contributed by atoms with Crippen molar-refractivity contribution < 1.29 is 9.53 Å². The molecule has 5 heteroatoms. The first-order valence-electron chi connectivity index (χ1n) is 7.33. The molecule has 0 spiro atoms. The number of nitrogens with one attached hydrogen (secondary N) is 1. The molecular weight excluding hydrogens is 379 g/mol. The third kappa shape index (κ3) is 5.37. The zero-order chi connectivity index (χ0) is 15.5. The van der Waals surface area contributed by atoms with E-state index in [9.17, 15) is 4.79 Å². The summed E-state index contributed by atoms with van der Waals surface area (Å²) in [6.45, 7) is 7.19. The van der Waals surface area contributed by atoms with Crippen LogP contribution >= 0.6 is 22.6 Å². The number of nitrogens with zero attached hydrogens (tertiary/aromatic N) is 1. The predicted molar refractivity (Wildman–Crippen MR) is 93.6 cm³/mol. The molecule has 0 atom stereocenters. The molecule has 0 bridgehead atoms. The number of amides is 1. The molecule has 0 saturated carbocycles. The number of halogens is 1. The van der Waals surface area contributed by atoms with Crippen molar-refractivity contribution in [2.45, 2.75) is 45.3 Å². The Kier molecular flexibility index (Phi) is 5.35. The van der Waals surface area contributed by atoms with Gasteiger partial charge in [0.15, 0.2) is 0 Å². The van der Waals surface area contributed by atoms with Gasteiger partial charge in [-0.3, -0.25) is 0 Å². The van der Waals surface area contributed by atoms with Gasteiger partial charge in [-0.1, -0.05) is 6.07 Å². The molecule has 116 valence electrons. The second-order valence-corrected chi connectivity index (χ2v) is 7.64. The number of hydrogen-bond donors (Lipinski definition) is 1. The number of likely N-dealkylation sites (tertiary alicyclic amines) is 1. The first-order valence-corrected chi connectivity index (χ1v) is 8.41. The van der Waals surface area contributed by atoms with Crippen molar-refractivity contribution in [1.29, 1.82) is 0 Å². The highest BCUT2D eigenvalue weighted by Gasteiger charge is 2.26. The average Bonchev–Trinajstić information content (AvgIpc) is 2.37. The smallest absolute Gasteiger partial charge is 0.410 e. The van der Waals surface area contributed by atoms with Crippen LogP contribution in [-0.2, 0) is 4.74 Å². The SMILES string of the molecule is CC(C)(C)OC(=O)N1CCC(Nc2cccc(I)c2)CC1. The zero-order valence-corrected chi connectivity index (χ0v) is 15.0. The lowest BCUT2D eigenvalue weighted by atomic mass is 10.0. The van der Waals surface area contributed by atoms with E-state index in [0.29, 0.717) is 6.04 Å². The number of carbonyl (C=O) groups excluding carboxylic acids is 1. The van der Waals surface area contributed by atoms with Gasteiger partial charge in [0.2, 0.25) is 0 Å². The fraction of sp³-hybridized carbons (Fsp3) is 0.562. The van der Waals surface area contributed by atoms with Gasteiger partial charge >= 0.3 is 6.09 Å². The maximum absolute atomic E-state index is 12.0. The van der Waals surface area contributed by atoms with Crippen molar-refractivity contribution in [3.63, 3.8) is 0 Å². The molecule has 0 unspecified atom stereocenters. The Morgan fingerprint density at radius 2 is 2.00 bits per heavy atom. The van der Waals surface area contributed by atoms with Crippen LogP contribution < -0.4 is 5.32 Å². The second-order valence-electron chi connectivity index (χ2n) is 6.40. The maximum atomic E-state index is 12.0. The van der Waals surface area contributed by atoms with Gasteiger partial charge < -0.3 is 15.0 Å². The molecule has 21 heavy (non-hydrogen) atoms. The lowest BCUT2D eigenvalue weighted by Gasteiger charge is -2.34. The predicted octanol–water partition coefficient (Wildman–Crippen LogP) is 4.10. The number of carbonyl (C=O) groups is 1. The lowest BCUT2D eigenvalue weighted by Crippen LogP contribution is -2.44. The third-order valence-electron chi connectivity index (χ3n) is 3.34. The highest BCUT2D eigenvalue weighted by molar-refractivity contribution is 14.1. The Morgan fingerprint density at radius 3 is 2.57 bits per heavy atom. The molecule has 0 aromatic heterocycles. The molecule has 1 aromatic rings. The van der Waals surface area contributed by atoms with Crippen LogP contribution in [0.3, 0.4) is 0 Å². The van der Waals surface area contributed by atoms with E-state index in [2.05, 4.69) is 52.2 Å². The number of rotatable bonds is 2. The standard InChI is InChI=1S/C16H23IN2O2/c1-16(2,3)21-15(20)19-9-7-13(8-10-19)18-14-6-4-5-12(17)11-14/h4-6,11,13,18H,7-10H2,1-3H3. The van der Waals surface area contributed by atoms with Crippen LogP contribution in [0.1, 0.15) is 33.6 Å². The average molecular weight is 402 g/mol. The van der Waals surface area contributed by atoms with Gasteiger partial charge in [-0.25, -0.2) is 4.79 Å². The molecular formula is C16H23IN2O2. The summed E-state index contributed by atoms with van der Waals surface area (Å²) < 4.78 is 6.64. The van der Waals surface area contributed by atoms with Crippen molar-refractivity contribution in [1.82, 2.24) is 4.90 Å². The Morgan fingerprint density at radius 1 is 1.33 bits per heavy atom. The number of hydrogen-bond acceptors (Lipinski definition) is 3. The molecule has 1 N–H and O–H groups in total. The topological polar surface area (TPSA) is 41.6 Å². The van der Waals surface area contributed by atoms with Crippen molar-refractivity contribution in [2.75, 3.05) is 18.4 Å². The molecule has 1 aliphatic rings. The Labute approximate surface area is 140 Å². The Bertz CT molecular complexity index is 491. The van der Waals surface area contributed by atoms with E-state index >= 15 is 0 Å². The highest BCUT2D eigenvalue weighted by atomic mass is 127. The van der Waals surface area contributed by atoms with Crippen molar-refractivity contribution in [3.05, 3.63) is 27.8 Å². The summed E-state index contributed by atoms with van der Waals surface area (Å²) >= 11 is 2.31. The second kappa shape index (κ2) is 6.85. The van der Waals surface area contributed by atoms with Gasteiger partial charge in [0.25, 0.3) is 0 Å². The summed E-state index contributed by atoms with van der Waals surface area (Å²) in [5, 5.41) is 3.55. The molecule has 1 fully saturated rings. The Balaban J connectivity index is 1.82. The molecule has 1 heterocycles. The zero-order valence-electron chi connectivity index (χ0n) is 12.9. The van der Waals surface area contributed by atoms with Crippen LogP contribution in [0.5, 0.6) is 0 Å². The van der Waals surface area contributed by atoms with Crippen molar-refractivity contribution >= 4 is 34.4 Å². The molecule has 0 radical (unpaired) electrons. The van der Waals surface area contributed by atoms with Crippen LogP contribution in [0.4, 0.5) is 10.5 Å². The largest absolute Gasteiger partial charge is 0.444 e. The first kappa shape index (κ1) is 16.4. The fourth-order valence-electron chi connectivity index (χ4n) is 2.35. The minimum atomic E-state index is -0.424. The van der Waals surface area contributed by atoms with Crippen molar-refractivity contribution in [3.8, 4) is 0 Å². The number of anilines is 1. The maximum Gasteiger partial charge on any atom is 0.410 e. The van der Waals surface area contributed by atoms with Crippen LogP contribution in [-0.4, -0.2) is 35.7 Å². The summed E-state index contributed by atoms with van der Waals surface area (Å²) in [5.74, 6) is 0. The summed E-state index contributed by atoms with van der Waals surface area (Å²) in [6, 6.07) is 8.78. The number of benzene rings is 1. The van der Waals surface area contributed by atoms with E-state index < -0.39 is 5.60 Å². The van der Waals surface area contributed by atoms with Gasteiger partial charge in [-0.15, -0.1) is 0 Å². The van der Waals surface area contributed by atoms with Crippen LogP contribution in [0.15, 0.2) is 24.3 Å². The van der Waals surface area contributed by atoms with Crippen LogP contribution in [0.2, 0.25) is 0 Å². The van der Waals surface area contributed by atoms with Gasteiger partial charge in [-0.05, 0) is 74.4 Å². The van der Waals surface area contributed by atoms with Gasteiger partial charge in [-0.2, -0.15) is 0 Å². The van der Waals surface area contributed by atoms with E-state index in [1.165, 1.54) is 3.57 Å². The van der Waals surface area contributed by atoms with E-state index in [1.807, 2.05) is 20.8 Å². The van der Waals surface area contributed by atoms with E-state index in [0.717, 1.165) is 31.6 Å². The summed E-state index contributed by atoms with van der Waals surface area (Å²) in [5.41, 5.74) is 0.727. The van der Waals surface area contributed by atoms with Crippen LogP contribution in [0.25, 0.3) is 0 Å². The number of ether oxygens (including phenoxy) is 1. The van der Waals surface area contributed by atoms with Gasteiger partial charge in [0, 0.05) is 28.4 Å². The molecule has 1 aliphatic heterocycles. The van der Waals surface area contributed by atoms with Crippen molar-refractivity contribution in [2.24, 2.45) is 0 Å². The molecule has 1 saturated heterocycles. The molecule has 0 aliphatic carbocycles. The third-order valence-corrected chi connectivity index (χ3v) is 4.01. The summed E-state index contributed by atoms with van der Waals surface area (Å²) in [6.07, 6.45) is 1.70. The van der Waals surface area contributed by atoms with E-state index in [-0.39, 0.29) is 6.09 Å². The monoisotopic (exact) mass is 402 g/mol. The highest BCUT2D eigenvalue weighted by Crippen LogP contribution is 2.20.